The van der Waals surface area contributed by atoms with Crippen molar-refractivity contribution < 1.29 is 0 Å². The average Bonchev–Trinajstić information content (AvgIpc) is 2.46. The van der Waals surface area contributed by atoms with Gasteiger partial charge in [-0.1, -0.05) is 15.9 Å². The zero-order valence-corrected chi connectivity index (χ0v) is 8.66. The van der Waals surface area contributed by atoms with Gasteiger partial charge in [0.2, 0.25) is 0 Å². The van der Waals surface area contributed by atoms with E-state index >= 15 is 0 Å². The van der Waals surface area contributed by atoms with Crippen LogP contribution < -0.4 is 5.73 Å². The molecule has 2 aromatic heterocycles. The van der Waals surface area contributed by atoms with Gasteiger partial charge in [-0.3, -0.25) is 0 Å². The SMILES string of the molecule is NCCc1cn2ccc(Br)cc2n1. The third-order valence-corrected chi connectivity index (χ3v) is 2.37. The summed E-state index contributed by atoms with van der Waals surface area (Å²) in [7, 11) is 0. The highest BCUT2D eigenvalue weighted by Crippen LogP contribution is 2.13. The predicted molar refractivity (Wildman–Crippen MR) is 55.7 cm³/mol. The summed E-state index contributed by atoms with van der Waals surface area (Å²) in [5, 5.41) is 0. The first-order valence-corrected chi connectivity index (χ1v) is 4.92. The lowest BCUT2D eigenvalue weighted by molar-refractivity contribution is 0.937. The van der Waals surface area contributed by atoms with Gasteiger partial charge in [0.15, 0.2) is 0 Å². The number of imidazole rings is 1. The van der Waals surface area contributed by atoms with Gasteiger partial charge in [-0.25, -0.2) is 4.98 Å². The van der Waals surface area contributed by atoms with E-state index in [4.69, 9.17) is 5.73 Å². The molecule has 0 aromatic carbocycles. The Hall–Kier alpha value is -0.870. The van der Waals surface area contributed by atoms with Gasteiger partial charge in [-0.15, -0.1) is 0 Å². The smallest absolute Gasteiger partial charge is 0.138 e. The Labute approximate surface area is 84.7 Å². The fraction of sp³-hybridized carbons (Fsp3) is 0.222. The number of nitrogens with two attached hydrogens (primary N) is 1. The van der Waals surface area contributed by atoms with Crippen LogP contribution in [0.25, 0.3) is 5.65 Å². The van der Waals surface area contributed by atoms with Crippen molar-refractivity contribution in [2.45, 2.75) is 6.42 Å². The Morgan fingerprint density at radius 3 is 3.15 bits per heavy atom. The number of aromatic nitrogens is 2. The number of nitrogens with zero attached hydrogens (tertiary/aromatic N) is 2. The molecule has 68 valence electrons. The summed E-state index contributed by atoms with van der Waals surface area (Å²) in [6.45, 7) is 0.644. The number of hydrogen-bond acceptors (Lipinski definition) is 2. The highest BCUT2D eigenvalue weighted by molar-refractivity contribution is 9.10. The van der Waals surface area contributed by atoms with Gasteiger partial charge in [0.05, 0.1) is 5.69 Å². The van der Waals surface area contributed by atoms with E-state index in [1.165, 1.54) is 0 Å². The molecule has 3 nitrogen and oxygen atoms in total. The minimum atomic E-state index is 0.644. The van der Waals surface area contributed by atoms with Crippen LogP contribution in [0.5, 0.6) is 0 Å². The Morgan fingerprint density at radius 2 is 2.38 bits per heavy atom. The van der Waals surface area contributed by atoms with Crippen LogP contribution in [0.2, 0.25) is 0 Å². The Kier molecular flexibility index (Phi) is 2.33. The highest BCUT2D eigenvalue weighted by atomic mass is 79.9. The summed E-state index contributed by atoms with van der Waals surface area (Å²) in [6, 6.07) is 3.97. The standard InChI is InChI=1S/C9H10BrN3/c10-7-2-4-13-6-8(1-3-11)12-9(13)5-7/h2,4-6H,1,3,11H2. The molecule has 0 amide bonds. The summed E-state index contributed by atoms with van der Waals surface area (Å²) < 4.78 is 3.04. The first-order chi connectivity index (χ1) is 6.29. The van der Waals surface area contributed by atoms with Crippen molar-refractivity contribution in [3.05, 3.63) is 34.7 Å². The van der Waals surface area contributed by atoms with Gasteiger partial charge in [0.25, 0.3) is 0 Å². The van der Waals surface area contributed by atoms with Gasteiger partial charge in [-0.2, -0.15) is 0 Å². The normalized spacial score (nSPS) is 10.9. The van der Waals surface area contributed by atoms with E-state index < -0.39 is 0 Å². The first-order valence-electron chi connectivity index (χ1n) is 4.13. The number of hydrogen-bond donors (Lipinski definition) is 1. The maximum Gasteiger partial charge on any atom is 0.138 e. The number of rotatable bonds is 2. The lowest BCUT2D eigenvalue weighted by Crippen LogP contribution is -2.02. The molecule has 0 spiro atoms. The molecule has 0 saturated heterocycles. The second kappa shape index (κ2) is 3.47. The summed E-state index contributed by atoms with van der Waals surface area (Å²) >= 11 is 3.40. The van der Waals surface area contributed by atoms with E-state index in [9.17, 15) is 0 Å². The van der Waals surface area contributed by atoms with E-state index in [1.807, 2.05) is 28.9 Å². The van der Waals surface area contributed by atoms with Gasteiger partial charge >= 0.3 is 0 Å². The molecule has 0 aliphatic carbocycles. The van der Waals surface area contributed by atoms with Crippen LogP contribution in [0, 0.1) is 0 Å². The van der Waals surface area contributed by atoms with Crippen LogP contribution >= 0.6 is 15.9 Å². The fourth-order valence-corrected chi connectivity index (χ4v) is 1.60. The lowest BCUT2D eigenvalue weighted by atomic mass is 10.3. The molecule has 0 aliphatic rings. The molecule has 2 N–H and O–H groups in total. The molecule has 0 aliphatic heterocycles. The van der Waals surface area contributed by atoms with Crippen molar-refractivity contribution in [2.24, 2.45) is 5.73 Å². The first kappa shape index (κ1) is 8.72. The van der Waals surface area contributed by atoms with Gasteiger partial charge in [0.1, 0.15) is 5.65 Å². The molecule has 0 bridgehead atoms. The summed E-state index contributed by atoms with van der Waals surface area (Å²) in [4.78, 5) is 4.42. The molecule has 0 unspecified atom stereocenters. The Bertz CT molecular complexity index is 422. The number of pyridine rings is 1. The molecule has 0 saturated carbocycles. The van der Waals surface area contributed by atoms with Crippen molar-refractivity contribution in [1.29, 1.82) is 0 Å². The Morgan fingerprint density at radius 1 is 1.54 bits per heavy atom. The van der Waals surface area contributed by atoms with Crippen molar-refractivity contribution >= 4 is 21.6 Å². The van der Waals surface area contributed by atoms with E-state index in [0.29, 0.717) is 6.54 Å². The van der Waals surface area contributed by atoms with Crippen LogP contribution in [0.4, 0.5) is 0 Å². The van der Waals surface area contributed by atoms with Crippen LogP contribution in [-0.2, 0) is 6.42 Å². The fourth-order valence-electron chi connectivity index (χ4n) is 1.28. The van der Waals surface area contributed by atoms with Gasteiger partial charge < -0.3 is 10.1 Å². The monoisotopic (exact) mass is 239 g/mol. The second-order valence-corrected chi connectivity index (χ2v) is 3.80. The second-order valence-electron chi connectivity index (χ2n) is 2.88. The predicted octanol–water partition coefficient (Wildman–Crippen LogP) is 1.60. The van der Waals surface area contributed by atoms with E-state index in [-0.39, 0.29) is 0 Å². The molecule has 2 rings (SSSR count). The molecule has 0 fully saturated rings. The third kappa shape index (κ3) is 1.73. The zero-order chi connectivity index (χ0) is 9.26. The number of fused-ring (bicyclic) bond motifs is 1. The van der Waals surface area contributed by atoms with Crippen LogP contribution in [0.15, 0.2) is 29.0 Å². The lowest BCUT2D eigenvalue weighted by Gasteiger charge is -1.91. The molecule has 13 heavy (non-hydrogen) atoms. The van der Waals surface area contributed by atoms with Gasteiger partial charge in [-0.05, 0) is 18.7 Å². The summed E-state index contributed by atoms with van der Waals surface area (Å²) in [5.74, 6) is 0. The topological polar surface area (TPSA) is 43.3 Å². The zero-order valence-electron chi connectivity index (χ0n) is 7.07. The van der Waals surface area contributed by atoms with Crippen molar-refractivity contribution in [2.75, 3.05) is 6.54 Å². The minimum absolute atomic E-state index is 0.644. The quantitative estimate of drug-likeness (QED) is 0.866. The molecule has 4 heteroatoms. The third-order valence-electron chi connectivity index (χ3n) is 1.87. The maximum absolute atomic E-state index is 5.45. The summed E-state index contributed by atoms with van der Waals surface area (Å²) in [6.07, 6.45) is 4.82. The van der Waals surface area contributed by atoms with Crippen LogP contribution in [0.1, 0.15) is 5.69 Å². The molecule has 2 aromatic rings. The summed E-state index contributed by atoms with van der Waals surface area (Å²) in [5.41, 5.74) is 7.45. The maximum atomic E-state index is 5.45. The molecular formula is C9H10BrN3. The number of halogens is 1. The minimum Gasteiger partial charge on any atom is -0.330 e. The van der Waals surface area contributed by atoms with Crippen molar-refractivity contribution in [3.63, 3.8) is 0 Å². The van der Waals surface area contributed by atoms with Gasteiger partial charge in [0, 0.05) is 23.3 Å². The molecule has 2 heterocycles. The Balaban J connectivity index is 2.49. The largest absolute Gasteiger partial charge is 0.330 e. The van der Waals surface area contributed by atoms with Crippen molar-refractivity contribution in [1.82, 2.24) is 9.38 Å². The average molecular weight is 240 g/mol. The van der Waals surface area contributed by atoms with E-state index in [0.717, 1.165) is 22.2 Å². The van der Waals surface area contributed by atoms with Crippen LogP contribution in [-0.4, -0.2) is 15.9 Å². The highest BCUT2D eigenvalue weighted by Gasteiger charge is 2.00. The van der Waals surface area contributed by atoms with E-state index in [2.05, 4.69) is 20.9 Å². The molecule has 0 atom stereocenters. The van der Waals surface area contributed by atoms with Crippen LogP contribution in [0.3, 0.4) is 0 Å². The van der Waals surface area contributed by atoms with E-state index in [1.54, 1.807) is 0 Å². The molecule has 0 radical (unpaired) electrons. The van der Waals surface area contributed by atoms with Crippen molar-refractivity contribution in [3.8, 4) is 0 Å². The molecular weight excluding hydrogens is 230 g/mol.